The summed E-state index contributed by atoms with van der Waals surface area (Å²) in [6, 6.07) is 4.33. The van der Waals surface area contributed by atoms with E-state index in [0.717, 1.165) is 32.7 Å². The second-order valence-corrected chi connectivity index (χ2v) is 5.84. The number of rotatable bonds is 2. The zero-order valence-electron chi connectivity index (χ0n) is 11.1. The third-order valence-corrected chi connectivity index (χ3v) is 2.90. The Labute approximate surface area is 104 Å². The SMILES string of the molecule is CC(C)(C)Cc1ccc(N2CCOCC2)cn1. The normalized spacial score (nSPS) is 17.2. The predicted molar refractivity (Wildman–Crippen MR) is 70.4 cm³/mol. The van der Waals surface area contributed by atoms with Gasteiger partial charge >= 0.3 is 0 Å². The van der Waals surface area contributed by atoms with Crippen LogP contribution in [-0.4, -0.2) is 31.3 Å². The summed E-state index contributed by atoms with van der Waals surface area (Å²) in [7, 11) is 0. The highest BCUT2D eigenvalue weighted by Gasteiger charge is 2.14. The molecule has 0 unspecified atom stereocenters. The topological polar surface area (TPSA) is 25.4 Å². The first-order valence-corrected chi connectivity index (χ1v) is 6.32. The van der Waals surface area contributed by atoms with Gasteiger partial charge in [0.05, 0.1) is 25.1 Å². The summed E-state index contributed by atoms with van der Waals surface area (Å²) in [6.45, 7) is 10.3. The molecule has 94 valence electrons. The lowest BCUT2D eigenvalue weighted by Crippen LogP contribution is -2.36. The zero-order chi connectivity index (χ0) is 12.3. The molecule has 1 aliphatic heterocycles. The van der Waals surface area contributed by atoms with Gasteiger partial charge in [0, 0.05) is 18.8 Å². The van der Waals surface area contributed by atoms with E-state index in [-0.39, 0.29) is 0 Å². The van der Waals surface area contributed by atoms with E-state index in [9.17, 15) is 0 Å². The van der Waals surface area contributed by atoms with Crippen molar-refractivity contribution in [1.82, 2.24) is 4.98 Å². The number of ether oxygens (including phenoxy) is 1. The average molecular weight is 234 g/mol. The molecule has 0 aliphatic carbocycles. The summed E-state index contributed by atoms with van der Waals surface area (Å²) < 4.78 is 5.35. The lowest BCUT2D eigenvalue weighted by molar-refractivity contribution is 0.122. The lowest BCUT2D eigenvalue weighted by Gasteiger charge is -2.28. The number of aromatic nitrogens is 1. The van der Waals surface area contributed by atoms with Gasteiger partial charge < -0.3 is 9.64 Å². The van der Waals surface area contributed by atoms with Crippen molar-refractivity contribution < 1.29 is 4.74 Å². The van der Waals surface area contributed by atoms with E-state index in [0.29, 0.717) is 5.41 Å². The van der Waals surface area contributed by atoms with E-state index in [4.69, 9.17) is 4.74 Å². The Hall–Kier alpha value is -1.09. The Morgan fingerprint density at radius 2 is 1.94 bits per heavy atom. The molecular weight excluding hydrogens is 212 g/mol. The van der Waals surface area contributed by atoms with Crippen LogP contribution in [0.25, 0.3) is 0 Å². The molecule has 0 saturated carbocycles. The van der Waals surface area contributed by atoms with Gasteiger partial charge in [-0.1, -0.05) is 20.8 Å². The fourth-order valence-electron chi connectivity index (χ4n) is 2.07. The third-order valence-electron chi connectivity index (χ3n) is 2.90. The van der Waals surface area contributed by atoms with Crippen molar-refractivity contribution >= 4 is 5.69 Å². The maximum Gasteiger partial charge on any atom is 0.0642 e. The number of pyridine rings is 1. The molecule has 0 radical (unpaired) electrons. The molecule has 2 heterocycles. The van der Waals surface area contributed by atoms with Crippen LogP contribution in [-0.2, 0) is 11.2 Å². The molecular formula is C14H22N2O. The number of hydrogen-bond donors (Lipinski definition) is 0. The number of anilines is 1. The Morgan fingerprint density at radius 3 is 2.47 bits per heavy atom. The molecule has 2 rings (SSSR count). The first-order valence-electron chi connectivity index (χ1n) is 6.32. The van der Waals surface area contributed by atoms with Crippen molar-refractivity contribution in [2.24, 2.45) is 5.41 Å². The van der Waals surface area contributed by atoms with Gasteiger partial charge in [0.25, 0.3) is 0 Å². The summed E-state index contributed by atoms with van der Waals surface area (Å²) in [5, 5.41) is 0. The van der Waals surface area contributed by atoms with Crippen LogP contribution >= 0.6 is 0 Å². The van der Waals surface area contributed by atoms with Crippen LogP contribution in [0.1, 0.15) is 26.5 Å². The minimum absolute atomic E-state index is 0.299. The van der Waals surface area contributed by atoms with E-state index in [2.05, 4.69) is 42.8 Å². The molecule has 1 fully saturated rings. The summed E-state index contributed by atoms with van der Waals surface area (Å²) in [6.07, 6.45) is 3.02. The molecule has 0 bridgehead atoms. The van der Waals surface area contributed by atoms with Crippen LogP contribution in [0.2, 0.25) is 0 Å². The molecule has 1 saturated heterocycles. The molecule has 0 N–H and O–H groups in total. The van der Waals surface area contributed by atoms with Gasteiger partial charge in [-0.15, -0.1) is 0 Å². The van der Waals surface area contributed by atoms with Gasteiger partial charge in [0.2, 0.25) is 0 Å². The first-order chi connectivity index (χ1) is 8.04. The molecule has 0 atom stereocenters. The van der Waals surface area contributed by atoms with E-state index in [1.54, 1.807) is 0 Å². The largest absolute Gasteiger partial charge is 0.378 e. The molecule has 1 aliphatic rings. The smallest absolute Gasteiger partial charge is 0.0642 e. The van der Waals surface area contributed by atoms with Crippen molar-refractivity contribution in [2.45, 2.75) is 27.2 Å². The van der Waals surface area contributed by atoms with Crippen LogP contribution in [0.5, 0.6) is 0 Å². The third kappa shape index (κ3) is 3.70. The number of morpholine rings is 1. The predicted octanol–water partition coefficient (Wildman–Crippen LogP) is 2.51. The zero-order valence-corrected chi connectivity index (χ0v) is 11.1. The van der Waals surface area contributed by atoms with Crippen LogP contribution in [0.15, 0.2) is 18.3 Å². The Balaban J connectivity index is 2.02. The van der Waals surface area contributed by atoms with Gasteiger partial charge in [-0.05, 0) is 24.0 Å². The average Bonchev–Trinajstić information content (AvgIpc) is 2.29. The second-order valence-electron chi connectivity index (χ2n) is 5.84. The van der Waals surface area contributed by atoms with Gasteiger partial charge in [-0.2, -0.15) is 0 Å². The molecule has 3 heteroatoms. The highest BCUT2D eigenvalue weighted by molar-refractivity contribution is 5.44. The Kier molecular flexibility index (Phi) is 3.67. The van der Waals surface area contributed by atoms with Crippen LogP contribution in [0.3, 0.4) is 0 Å². The van der Waals surface area contributed by atoms with Gasteiger partial charge in [-0.25, -0.2) is 0 Å². The molecule has 1 aromatic heterocycles. The monoisotopic (exact) mass is 234 g/mol. The molecule has 17 heavy (non-hydrogen) atoms. The number of nitrogens with zero attached hydrogens (tertiary/aromatic N) is 2. The van der Waals surface area contributed by atoms with Gasteiger partial charge in [-0.3, -0.25) is 4.98 Å². The minimum Gasteiger partial charge on any atom is -0.378 e. The van der Waals surface area contributed by atoms with Crippen LogP contribution in [0.4, 0.5) is 5.69 Å². The van der Waals surface area contributed by atoms with Crippen LogP contribution < -0.4 is 4.90 Å². The van der Waals surface area contributed by atoms with E-state index in [1.165, 1.54) is 11.4 Å². The maximum absolute atomic E-state index is 5.35. The molecule has 1 aromatic rings. The Morgan fingerprint density at radius 1 is 1.24 bits per heavy atom. The minimum atomic E-state index is 0.299. The van der Waals surface area contributed by atoms with Gasteiger partial charge in [0.15, 0.2) is 0 Å². The van der Waals surface area contributed by atoms with Gasteiger partial charge in [0.1, 0.15) is 0 Å². The molecule has 0 aromatic carbocycles. The van der Waals surface area contributed by atoms with E-state index < -0.39 is 0 Å². The highest BCUT2D eigenvalue weighted by atomic mass is 16.5. The first kappa shape index (κ1) is 12.4. The standard InChI is InChI=1S/C14H22N2O/c1-14(2,3)10-12-4-5-13(11-15-12)16-6-8-17-9-7-16/h4-5,11H,6-10H2,1-3H3. The van der Waals surface area contributed by atoms with Crippen molar-refractivity contribution in [3.8, 4) is 0 Å². The summed E-state index contributed by atoms with van der Waals surface area (Å²) >= 11 is 0. The Bertz CT molecular complexity index is 347. The quantitative estimate of drug-likeness (QED) is 0.786. The summed E-state index contributed by atoms with van der Waals surface area (Å²) in [4.78, 5) is 6.89. The van der Waals surface area contributed by atoms with Crippen molar-refractivity contribution in [1.29, 1.82) is 0 Å². The van der Waals surface area contributed by atoms with E-state index in [1.807, 2.05) is 6.20 Å². The maximum atomic E-state index is 5.35. The summed E-state index contributed by atoms with van der Waals surface area (Å²) in [5.41, 5.74) is 2.69. The van der Waals surface area contributed by atoms with Crippen molar-refractivity contribution in [2.75, 3.05) is 31.2 Å². The van der Waals surface area contributed by atoms with Crippen LogP contribution in [0, 0.1) is 5.41 Å². The fourth-order valence-corrected chi connectivity index (χ4v) is 2.07. The number of hydrogen-bond acceptors (Lipinski definition) is 3. The molecule has 3 nitrogen and oxygen atoms in total. The van der Waals surface area contributed by atoms with E-state index >= 15 is 0 Å². The lowest BCUT2D eigenvalue weighted by atomic mass is 9.90. The fraction of sp³-hybridized carbons (Fsp3) is 0.643. The molecule has 0 spiro atoms. The van der Waals surface area contributed by atoms with Crippen molar-refractivity contribution in [3.63, 3.8) is 0 Å². The second kappa shape index (κ2) is 5.05. The summed E-state index contributed by atoms with van der Waals surface area (Å²) in [5.74, 6) is 0. The molecule has 0 amide bonds. The highest BCUT2D eigenvalue weighted by Crippen LogP contribution is 2.21. The van der Waals surface area contributed by atoms with Crippen molar-refractivity contribution in [3.05, 3.63) is 24.0 Å².